The second kappa shape index (κ2) is 8.00. The highest BCUT2D eigenvalue weighted by Gasteiger charge is 2.25. The maximum absolute atomic E-state index is 12.2. The molecule has 0 atom stereocenters. The lowest BCUT2D eigenvalue weighted by atomic mass is 10.2. The number of aromatic nitrogens is 1. The van der Waals surface area contributed by atoms with Gasteiger partial charge >= 0.3 is 5.97 Å². The van der Waals surface area contributed by atoms with E-state index in [0.29, 0.717) is 11.4 Å². The third kappa shape index (κ3) is 3.49. The highest BCUT2D eigenvalue weighted by molar-refractivity contribution is 5.96. The van der Waals surface area contributed by atoms with Crippen molar-refractivity contribution in [1.29, 1.82) is 5.26 Å². The molecule has 0 aliphatic carbocycles. The van der Waals surface area contributed by atoms with Crippen LogP contribution in [0.1, 0.15) is 41.7 Å². The van der Waals surface area contributed by atoms with Gasteiger partial charge in [0, 0.05) is 25.4 Å². The molecule has 0 radical (unpaired) electrons. The van der Waals surface area contributed by atoms with Crippen LogP contribution in [0.15, 0.2) is 24.4 Å². The van der Waals surface area contributed by atoms with Gasteiger partial charge in [-0.2, -0.15) is 5.26 Å². The topological polar surface area (TPSA) is 127 Å². The number of nitriles is 1. The third-order valence-corrected chi connectivity index (χ3v) is 4.92. The minimum Gasteiger partial charge on any atom is -0.464 e. The van der Waals surface area contributed by atoms with Gasteiger partial charge in [0.05, 0.1) is 29.0 Å². The summed E-state index contributed by atoms with van der Waals surface area (Å²) in [4.78, 5) is 25.5. The summed E-state index contributed by atoms with van der Waals surface area (Å²) in [6.45, 7) is 1.53. The van der Waals surface area contributed by atoms with E-state index in [1.165, 1.54) is 23.9 Å². The van der Waals surface area contributed by atoms with Crippen LogP contribution in [0.3, 0.4) is 0 Å². The van der Waals surface area contributed by atoms with Gasteiger partial charge in [0.15, 0.2) is 5.69 Å². The number of nitro groups is 1. The third-order valence-electron chi connectivity index (χ3n) is 4.92. The average Bonchev–Trinajstić information content (AvgIpc) is 2.87. The summed E-state index contributed by atoms with van der Waals surface area (Å²) in [5.41, 5.74) is 6.81. The molecule has 0 unspecified atom stereocenters. The van der Waals surface area contributed by atoms with Gasteiger partial charge in [-0.05, 0) is 25.0 Å². The van der Waals surface area contributed by atoms with Crippen LogP contribution in [0.5, 0.6) is 0 Å². The predicted octanol–water partition coefficient (Wildman–Crippen LogP) is 3.01. The second-order valence-electron chi connectivity index (χ2n) is 6.61. The Labute approximate surface area is 162 Å². The molecule has 0 bridgehead atoms. The van der Waals surface area contributed by atoms with Gasteiger partial charge < -0.3 is 19.9 Å². The molecule has 2 heterocycles. The number of esters is 1. The van der Waals surface area contributed by atoms with Gasteiger partial charge in [-0.3, -0.25) is 10.1 Å². The fraction of sp³-hybridized carbons (Fsp3) is 0.368. The van der Waals surface area contributed by atoms with Crippen molar-refractivity contribution in [2.75, 3.05) is 30.8 Å². The van der Waals surface area contributed by atoms with E-state index in [-0.39, 0.29) is 22.6 Å². The highest BCUT2D eigenvalue weighted by Crippen LogP contribution is 2.34. The maximum Gasteiger partial charge on any atom is 0.357 e. The number of nitro benzene ring substituents is 1. The fourth-order valence-corrected chi connectivity index (χ4v) is 3.51. The molecular weight excluding hydrogens is 362 g/mol. The lowest BCUT2D eigenvalue weighted by Gasteiger charge is -2.22. The van der Waals surface area contributed by atoms with Crippen molar-refractivity contribution >= 4 is 23.0 Å². The van der Waals surface area contributed by atoms with Crippen LogP contribution in [0.2, 0.25) is 0 Å². The van der Waals surface area contributed by atoms with Gasteiger partial charge in [0.2, 0.25) is 0 Å². The number of anilines is 2. The van der Waals surface area contributed by atoms with Gasteiger partial charge in [-0.15, -0.1) is 0 Å². The Hall–Kier alpha value is -3.54. The molecule has 146 valence electrons. The molecule has 1 saturated heterocycles. The number of carbonyl (C=O) groups is 1. The van der Waals surface area contributed by atoms with Crippen molar-refractivity contribution in [1.82, 2.24) is 4.57 Å². The van der Waals surface area contributed by atoms with E-state index in [4.69, 9.17) is 10.5 Å². The summed E-state index contributed by atoms with van der Waals surface area (Å²) in [6.07, 6.45) is 5.59. The zero-order chi connectivity index (χ0) is 20.3. The Morgan fingerprint density at radius 1 is 1.29 bits per heavy atom. The van der Waals surface area contributed by atoms with Crippen molar-refractivity contribution in [3.05, 3.63) is 45.8 Å². The van der Waals surface area contributed by atoms with Crippen molar-refractivity contribution in [3.8, 4) is 11.8 Å². The monoisotopic (exact) mass is 383 g/mol. The van der Waals surface area contributed by atoms with E-state index in [1.54, 1.807) is 12.1 Å². The zero-order valence-electron chi connectivity index (χ0n) is 15.6. The standard InChI is InChI=1S/C19H21N5O4/c1-28-19(25)18-17(21)13(11-20)12-23(18)14-6-7-15(16(10-14)24(26)27)22-8-4-2-3-5-9-22/h6-7,10,12H,2-5,8-9,21H2,1H3. The van der Waals surface area contributed by atoms with Gasteiger partial charge in [-0.1, -0.05) is 12.8 Å². The fourth-order valence-electron chi connectivity index (χ4n) is 3.51. The van der Waals surface area contributed by atoms with Crippen LogP contribution in [0.25, 0.3) is 5.69 Å². The number of rotatable bonds is 4. The van der Waals surface area contributed by atoms with Crippen LogP contribution >= 0.6 is 0 Å². The first-order valence-electron chi connectivity index (χ1n) is 9.01. The van der Waals surface area contributed by atoms with E-state index in [0.717, 1.165) is 38.8 Å². The van der Waals surface area contributed by atoms with E-state index < -0.39 is 10.9 Å². The minimum absolute atomic E-state index is 0.0198. The molecule has 9 nitrogen and oxygen atoms in total. The summed E-state index contributed by atoms with van der Waals surface area (Å²) >= 11 is 0. The smallest absolute Gasteiger partial charge is 0.357 e. The summed E-state index contributed by atoms with van der Waals surface area (Å²) in [7, 11) is 1.20. The van der Waals surface area contributed by atoms with Gasteiger partial charge in [-0.25, -0.2) is 4.79 Å². The molecule has 1 fully saturated rings. The number of carbonyl (C=O) groups excluding carboxylic acids is 1. The minimum atomic E-state index is -0.724. The molecule has 1 aliphatic rings. The van der Waals surface area contributed by atoms with Gasteiger partial charge in [0.25, 0.3) is 5.69 Å². The molecule has 3 rings (SSSR count). The first-order valence-corrected chi connectivity index (χ1v) is 9.01. The summed E-state index contributed by atoms with van der Waals surface area (Å²) < 4.78 is 6.12. The number of ether oxygens (including phenoxy) is 1. The van der Waals surface area contributed by atoms with Crippen molar-refractivity contribution in [2.24, 2.45) is 0 Å². The average molecular weight is 383 g/mol. The molecule has 9 heteroatoms. The van der Waals surface area contributed by atoms with Crippen LogP contribution in [0, 0.1) is 21.4 Å². The molecule has 0 saturated carbocycles. The second-order valence-corrected chi connectivity index (χ2v) is 6.61. The number of hydrogen-bond acceptors (Lipinski definition) is 7. The summed E-state index contributed by atoms with van der Waals surface area (Å²) in [6, 6.07) is 6.68. The Morgan fingerprint density at radius 2 is 1.96 bits per heavy atom. The van der Waals surface area contributed by atoms with E-state index in [2.05, 4.69) is 0 Å². The van der Waals surface area contributed by atoms with E-state index >= 15 is 0 Å². The Bertz CT molecular complexity index is 952. The molecule has 1 aromatic carbocycles. The molecule has 0 spiro atoms. The summed E-state index contributed by atoms with van der Waals surface area (Å²) in [5.74, 6) is -0.724. The van der Waals surface area contributed by atoms with Crippen molar-refractivity contribution in [3.63, 3.8) is 0 Å². The van der Waals surface area contributed by atoms with E-state index in [9.17, 15) is 20.2 Å². The molecule has 2 N–H and O–H groups in total. The molecule has 28 heavy (non-hydrogen) atoms. The lowest BCUT2D eigenvalue weighted by molar-refractivity contribution is -0.384. The maximum atomic E-state index is 12.2. The largest absolute Gasteiger partial charge is 0.464 e. The van der Waals surface area contributed by atoms with Crippen molar-refractivity contribution < 1.29 is 14.5 Å². The lowest BCUT2D eigenvalue weighted by Crippen LogP contribution is -2.24. The number of nitrogens with zero attached hydrogens (tertiary/aromatic N) is 4. The van der Waals surface area contributed by atoms with Crippen LogP contribution in [-0.2, 0) is 4.74 Å². The summed E-state index contributed by atoms with van der Waals surface area (Å²) in [5, 5.41) is 21.0. The zero-order valence-corrected chi connectivity index (χ0v) is 15.6. The Morgan fingerprint density at radius 3 is 2.54 bits per heavy atom. The predicted molar refractivity (Wildman–Crippen MR) is 104 cm³/mol. The highest BCUT2D eigenvalue weighted by atomic mass is 16.6. The Kier molecular flexibility index (Phi) is 5.49. The molecule has 2 aromatic rings. The number of nitrogens with two attached hydrogens (primary N) is 1. The number of nitrogen functional groups attached to an aromatic ring is 1. The molecule has 1 aromatic heterocycles. The van der Waals surface area contributed by atoms with Crippen LogP contribution in [-0.4, -0.2) is 35.7 Å². The Balaban J connectivity index is 2.12. The first-order chi connectivity index (χ1) is 13.5. The normalized spacial score (nSPS) is 14.2. The number of hydrogen-bond donors (Lipinski definition) is 1. The van der Waals surface area contributed by atoms with Crippen LogP contribution < -0.4 is 10.6 Å². The van der Waals surface area contributed by atoms with Gasteiger partial charge in [0.1, 0.15) is 11.8 Å². The van der Waals surface area contributed by atoms with Crippen LogP contribution in [0.4, 0.5) is 17.1 Å². The number of methoxy groups -OCH3 is 1. The first kappa shape index (κ1) is 19.2. The van der Waals surface area contributed by atoms with Crippen molar-refractivity contribution in [2.45, 2.75) is 25.7 Å². The molecule has 1 aliphatic heterocycles. The van der Waals surface area contributed by atoms with E-state index in [1.807, 2.05) is 11.0 Å². The quantitative estimate of drug-likeness (QED) is 0.488. The SMILES string of the molecule is COC(=O)c1c(N)c(C#N)cn1-c1ccc(N2CCCCCC2)c([N+](=O)[O-])c1. The molecule has 0 amide bonds. The molecular formula is C19H21N5O4. The number of benzene rings is 1.